The SMILES string of the molecule is COc1cc(CC(=O)Nc2ccc(N3CC(C)OC(C)C3)nc2)ccc1C. The van der Waals surface area contributed by atoms with E-state index in [4.69, 9.17) is 9.47 Å². The van der Waals surface area contributed by atoms with E-state index in [-0.39, 0.29) is 24.5 Å². The predicted molar refractivity (Wildman–Crippen MR) is 107 cm³/mol. The number of rotatable bonds is 5. The summed E-state index contributed by atoms with van der Waals surface area (Å²) < 4.78 is 11.1. The summed E-state index contributed by atoms with van der Waals surface area (Å²) in [7, 11) is 1.63. The summed E-state index contributed by atoms with van der Waals surface area (Å²) in [6.07, 6.45) is 2.35. The molecule has 2 unspecified atom stereocenters. The smallest absolute Gasteiger partial charge is 0.228 e. The molecule has 2 atom stereocenters. The van der Waals surface area contributed by atoms with E-state index in [2.05, 4.69) is 29.0 Å². The first-order valence-electron chi connectivity index (χ1n) is 9.24. The topological polar surface area (TPSA) is 63.7 Å². The Kier molecular flexibility index (Phi) is 5.96. The Morgan fingerprint density at radius 3 is 2.63 bits per heavy atom. The van der Waals surface area contributed by atoms with Crippen molar-refractivity contribution in [3.63, 3.8) is 0 Å². The lowest BCUT2D eigenvalue weighted by molar-refractivity contribution is -0.115. The van der Waals surface area contributed by atoms with Crippen LogP contribution in [-0.4, -0.2) is 43.3 Å². The van der Waals surface area contributed by atoms with Crippen LogP contribution in [0.2, 0.25) is 0 Å². The molecule has 2 aromatic rings. The number of hydrogen-bond donors (Lipinski definition) is 1. The number of aromatic nitrogens is 1. The van der Waals surface area contributed by atoms with Crippen molar-refractivity contribution < 1.29 is 14.3 Å². The van der Waals surface area contributed by atoms with Gasteiger partial charge in [-0.1, -0.05) is 12.1 Å². The second-order valence-electron chi connectivity index (χ2n) is 7.10. The molecule has 0 bridgehead atoms. The van der Waals surface area contributed by atoms with Crippen molar-refractivity contribution in [2.24, 2.45) is 0 Å². The van der Waals surface area contributed by atoms with Crippen LogP contribution in [0.3, 0.4) is 0 Å². The highest BCUT2D eigenvalue weighted by atomic mass is 16.5. The third-order valence-corrected chi connectivity index (χ3v) is 4.61. The number of amides is 1. The zero-order chi connectivity index (χ0) is 19.4. The molecule has 1 aromatic carbocycles. The normalized spacial score (nSPS) is 19.6. The van der Waals surface area contributed by atoms with Gasteiger partial charge in [0, 0.05) is 13.1 Å². The molecule has 144 valence electrons. The minimum absolute atomic E-state index is 0.0796. The predicted octanol–water partition coefficient (Wildman–Crippen LogP) is 3.19. The lowest BCUT2D eigenvalue weighted by Gasteiger charge is -2.36. The number of methoxy groups -OCH3 is 1. The van der Waals surface area contributed by atoms with Crippen LogP contribution in [0.1, 0.15) is 25.0 Å². The van der Waals surface area contributed by atoms with Crippen LogP contribution in [0.5, 0.6) is 5.75 Å². The monoisotopic (exact) mass is 369 g/mol. The van der Waals surface area contributed by atoms with Crippen molar-refractivity contribution in [1.29, 1.82) is 0 Å². The molecule has 1 saturated heterocycles. The molecule has 0 aliphatic carbocycles. The van der Waals surface area contributed by atoms with Crippen molar-refractivity contribution in [2.45, 2.75) is 39.4 Å². The molecule has 6 heteroatoms. The molecule has 6 nitrogen and oxygen atoms in total. The highest BCUT2D eigenvalue weighted by Crippen LogP contribution is 2.21. The molecule has 1 aliphatic heterocycles. The highest BCUT2D eigenvalue weighted by molar-refractivity contribution is 5.92. The zero-order valence-corrected chi connectivity index (χ0v) is 16.4. The molecule has 1 fully saturated rings. The number of carbonyl (C=O) groups is 1. The summed E-state index contributed by atoms with van der Waals surface area (Å²) in [6, 6.07) is 9.63. The maximum Gasteiger partial charge on any atom is 0.228 e. The summed E-state index contributed by atoms with van der Waals surface area (Å²) in [5.41, 5.74) is 2.65. The number of carbonyl (C=O) groups excluding carboxylic acids is 1. The van der Waals surface area contributed by atoms with Crippen molar-refractivity contribution in [1.82, 2.24) is 4.98 Å². The lowest BCUT2D eigenvalue weighted by Crippen LogP contribution is -2.45. The number of nitrogens with one attached hydrogen (secondary N) is 1. The van der Waals surface area contributed by atoms with Gasteiger partial charge >= 0.3 is 0 Å². The molecule has 1 aliphatic rings. The number of ether oxygens (including phenoxy) is 2. The Morgan fingerprint density at radius 2 is 2.00 bits per heavy atom. The van der Waals surface area contributed by atoms with Crippen LogP contribution in [0.4, 0.5) is 11.5 Å². The standard InChI is InChI=1S/C21H27N3O3/c1-14-5-6-17(9-19(14)26-4)10-21(25)23-18-7-8-20(22-11-18)24-12-15(2)27-16(3)13-24/h5-9,11,15-16H,10,12-13H2,1-4H3,(H,23,25). The van der Waals surface area contributed by atoms with Crippen LogP contribution in [0.15, 0.2) is 36.5 Å². The first-order valence-corrected chi connectivity index (χ1v) is 9.24. The molecule has 1 N–H and O–H groups in total. The number of benzene rings is 1. The summed E-state index contributed by atoms with van der Waals surface area (Å²) in [4.78, 5) is 19.0. The molecule has 3 rings (SSSR count). The van der Waals surface area contributed by atoms with Gasteiger partial charge in [0.05, 0.1) is 37.6 Å². The first kappa shape index (κ1) is 19.2. The van der Waals surface area contributed by atoms with E-state index >= 15 is 0 Å². The molecule has 1 amide bonds. The van der Waals surface area contributed by atoms with Crippen LogP contribution in [0, 0.1) is 6.92 Å². The third kappa shape index (κ3) is 4.98. The van der Waals surface area contributed by atoms with Crippen molar-refractivity contribution in [3.05, 3.63) is 47.7 Å². The highest BCUT2D eigenvalue weighted by Gasteiger charge is 2.23. The number of pyridine rings is 1. The maximum atomic E-state index is 12.3. The second-order valence-corrected chi connectivity index (χ2v) is 7.10. The minimum atomic E-state index is -0.0796. The minimum Gasteiger partial charge on any atom is -0.496 e. The van der Waals surface area contributed by atoms with Gasteiger partial charge in [-0.15, -0.1) is 0 Å². The molecular formula is C21H27N3O3. The van der Waals surface area contributed by atoms with Gasteiger partial charge in [-0.25, -0.2) is 4.98 Å². The van der Waals surface area contributed by atoms with Gasteiger partial charge in [0.25, 0.3) is 0 Å². The van der Waals surface area contributed by atoms with E-state index in [1.165, 1.54) is 0 Å². The van der Waals surface area contributed by atoms with Crippen LogP contribution >= 0.6 is 0 Å². The first-order chi connectivity index (χ1) is 12.9. The Balaban J connectivity index is 1.60. The van der Waals surface area contributed by atoms with Crippen LogP contribution in [0.25, 0.3) is 0 Å². The Labute approximate surface area is 160 Å². The van der Waals surface area contributed by atoms with Crippen molar-refractivity contribution in [3.8, 4) is 5.75 Å². The van der Waals surface area contributed by atoms with Gasteiger partial charge in [-0.2, -0.15) is 0 Å². The summed E-state index contributed by atoms with van der Waals surface area (Å²) in [6.45, 7) is 7.75. The average Bonchev–Trinajstić information content (AvgIpc) is 2.63. The summed E-state index contributed by atoms with van der Waals surface area (Å²) >= 11 is 0. The third-order valence-electron chi connectivity index (χ3n) is 4.61. The van der Waals surface area contributed by atoms with Crippen molar-refractivity contribution in [2.75, 3.05) is 30.4 Å². The maximum absolute atomic E-state index is 12.3. The summed E-state index contributed by atoms with van der Waals surface area (Å²) in [5.74, 6) is 1.61. The van der Waals surface area contributed by atoms with Gasteiger partial charge < -0.3 is 19.7 Å². The van der Waals surface area contributed by atoms with Gasteiger partial charge in [0.1, 0.15) is 11.6 Å². The number of aryl methyl sites for hydroxylation is 1. The molecule has 27 heavy (non-hydrogen) atoms. The lowest BCUT2D eigenvalue weighted by atomic mass is 10.1. The Morgan fingerprint density at radius 1 is 1.26 bits per heavy atom. The van der Waals surface area contributed by atoms with Crippen LogP contribution in [-0.2, 0) is 16.0 Å². The second kappa shape index (κ2) is 8.39. The summed E-state index contributed by atoms with van der Waals surface area (Å²) in [5, 5.41) is 2.90. The number of anilines is 2. The van der Waals surface area contributed by atoms with Gasteiger partial charge in [-0.3, -0.25) is 4.79 Å². The van der Waals surface area contributed by atoms with E-state index in [0.29, 0.717) is 5.69 Å². The molecule has 0 saturated carbocycles. The largest absolute Gasteiger partial charge is 0.496 e. The van der Waals surface area contributed by atoms with Gasteiger partial charge in [0.15, 0.2) is 0 Å². The average molecular weight is 369 g/mol. The molecule has 0 radical (unpaired) electrons. The molecule has 2 heterocycles. The fourth-order valence-corrected chi connectivity index (χ4v) is 3.38. The number of morpholine rings is 1. The Bertz CT molecular complexity index is 782. The van der Waals surface area contributed by atoms with Gasteiger partial charge in [-0.05, 0) is 50.1 Å². The Hall–Kier alpha value is -2.60. The van der Waals surface area contributed by atoms with Gasteiger partial charge in [0.2, 0.25) is 5.91 Å². The molecule has 0 spiro atoms. The quantitative estimate of drug-likeness (QED) is 0.877. The van der Waals surface area contributed by atoms with Crippen LogP contribution < -0.4 is 15.0 Å². The molecular weight excluding hydrogens is 342 g/mol. The van der Waals surface area contributed by atoms with E-state index in [9.17, 15) is 4.79 Å². The zero-order valence-electron chi connectivity index (χ0n) is 16.4. The van der Waals surface area contributed by atoms with E-state index < -0.39 is 0 Å². The fourth-order valence-electron chi connectivity index (χ4n) is 3.38. The van der Waals surface area contributed by atoms with Crippen molar-refractivity contribution >= 4 is 17.4 Å². The molecule has 1 aromatic heterocycles. The van der Waals surface area contributed by atoms with E-state index in [1.54, 1.807) is 13.3 Å². The number of hydrogen-bond acceptors (Lipinski definition) is 5. The van der Waals surface area contributed by atoms with E-state index in [1.807, 2.05) is 37.3 Å². The van der Waals surface area contributed by atoms with E-state index in [0.717, 1.165) is 35.8 Å². The fraction of sp³-hybridized carbons (Fsp3) is 0.429. The number of nitrogens with zero attached hydrogens (tertiary/aromatic N) is 2.